The van der Waals surface area contributed by atoms with E-state index in [0.717, 1.165) is 10.2 Å². The molecule has 0 fully saturated rings. The Morgan fingerprint density at radius 3 is 2.53 bits per heavy atom. The fourth-order valence-corrected chi connectivity index (χ4v) is 3.56. The van der Waals surface area contributed by atoms with Crippen LogP contribution in [0.25, 0.3) is 0 Å². The number of rotatable bonds is 6. The van der Waals surface area contributed by atoms with E-state index in [1.54, 1.807) is 0 Å². The second kappa shape index (κ2) is 6.40. The fraction of sp³-hybridized carbons (Fsp3) is 0.500. The number of sulfone groups is 1. The minimum absolute atomic E-state index is 0.173. The van der Waals surface area contributed by atoms with Crippen molar-refractivity contribution in [3.63, 3.8) is 0 Å². The summed E-state index contributed by atoms with van der Waals surface area (Å²) >= 11 is 3.41. The van der Waals surface area contributed by atoms with Crippen molar-refractivity contribution in [2.24, 2.45) is 5.92 Å². The number of halogens is 1. The Bertz CT molecular complexity index is 457. The highest BCUT2D eigenvalue weighted by molar-refractivity contribution is 9.10. The second-order valence-corrected chi connectivity index (χ2v) is 7.50. The van der Waals surface area contributed by atoms with Crippen LogP contribution in [0, 0.1) is 5.92 Å². The molecular weight excluding hydrogens is 302 g/mol. The fourth-order valence-electron chi connectivity index (χ4n) is 1.54. The molecule has 1 N–H and O–H groups in total. The summed E-state index contributed by atoms with van der Waals surface area (Å²) in [5.41, 5.74) is 0.923. The third-order valence-electron chi connectivity index (χ3n) is 2.19. The summed E-state index contributed by atoms with van der Waals surface area (Å²) in [5, 5.41) is 3.12. The molecule has 0 saturated heterocycles. The van der Waals surface area contributed by atoms with Crippen molar-refractivity contribution in [3.05, 3.63) is 28.7 Å². The first-order valence-electron chi connectivity index (χ1n) is 5.59. The van der Waals surface area contributed by atoms with E-state index in [1.165, 1.54) is 0 Å². The van der Waals surface area contributed by atoms with Crippen LogP contribution in [0.2, 0.25) is 0 Å². The second-order valence-electron chi connectivity index (χ2n) is 4.41. The molecule has 3 nitrogen and oxygen atoms in total. The van der Waals surface area contributed by atoms with Gasteiger partial charge in [0.15, 0.2) is 9.84 Å². The first kappa shape index (κ1) is 14.5. The van der Waals surface area contributed by atoms with Gasteiger partial charge >= 0.3 is 0 Å². The molecule has 0 aliphatic carbocycles. The zero-order valence-corrected chi connectivity index (χ0v) is 12.5. The number of anilines is 1. The lowest BCUT2D eigenvalue weighted by molar-refractivity contribution is 0.583. The van der Waals surface area contributed by atoms with Crippen molar-refractivity contribution < 1.29 is 8.42 Å². The first-order valence-corrected chi connectivity index (χ1v) is 8.21. The van der Waals surface area contributed by atoms with E-state index >= 15 is 0 Å². The first-order chi connectivity index (χ1) is 7.91. The van der Waals surface area contributed by atoms with Gasteiger partial charge in [-0.25, -0.2) is 8.42 Å². The van der Waals surface area contributed by atoms with Gasteiger partial charge in [-0.3, -0.25) is 0 Å². The summed E-state index contributed by atoms with van der Waals surface area (Å²) in [7, 11) is -2.94. The molecule has 17 heavy (non-hydrogen) atoms. The Hall–Kier alpha value is -0.550. The maximum absolute atomic E-state index is 11.7. The topological polar surface area (TPSA) is 46.2 Å². The summed E-state index contributed by atoms with van der Waals surface area (Å²) in [6, 6.07) is 7.67. The summed E-state index contributed by atoms with van der Waals surface area (Å²) in [6.45, 7) is 4.27. The maximum Gasteiger partial charge on any atom is 0.152 e. The van der Waals surface area contributed by atoms with Crippen LogP contribution in [0.3, 0.4) is 0 Å². The lowest BCUT2D eigenvalue weighted by atomic mass is 10.3. The van der Waals surface area contributed by atoms with Crippen LogP contribution in [-0.4, -0.2) is 26.5 Å². The van der Waals surface area contributed by atoms with Gasteiger partial charge in [0.05, 0.1) is 11.5 Å². The molecule has 1 rings (SSSR count). The molecule has 0 amide bonds. The average molecular weight is 320 g/mol. The van der Waals surface area contributed by atoms with E-state index in [1.807, 2.05) is 38.1 Å². The van der Waals surface area contributed by atoms with E-state index in [2.05, 4.69) is 21.2 Å². The van der Waals surface area contributed by atoms with Crippen LogP contribution in [0.1, 0.15) is 13.8 Å². The standard InChI is InChI=1S/C12H18BrNO2S/c1-10(2)9-17(15,16)8-7-14-12-6-4-3-5-11(12)13/h3-6,10,14H,7-9H2,1-2H3. The molecular formula is C12H18BrNO2S. The smallest absolute Gasteiger partial charge is 0.152 e. The lowest BCUT2D eigenvalue weighted by Crippen LogP contribution is -2.21. The number of hydrogen-bond donors (Lipinski definition) is 1. The number of nitrogens with one attached hydrogen (secondary N) is 1. The summed E-state index contributed by atoms with van der Waals surface area (Å²) < 4.78 is 24.3. The molecule has 0 unspecified atom stereocenters. The van der Waals surface area contributed by atoms with Gasteiger partial charge in [0.1, 0.15) is 0 Å². The Morgan fingerprint density at radius 2 is 1.94 bits per heavy atom. The van der Waals surface area contributed by atoms with Crippen molar-refractivity contribution in [1.29, 1.82) is 0 Å². The molecule has 0 aliphatic heterocycles. The number of benzene rings is 1. The van der Waals surface area contributed by atoms with Crippen LogP contribution < -0.4 is 5.32 Å². The number of hydrogen-bond acceptors (Lipinski definition) is 3. The molecule has 0 atom stereocenters. The molecule has 5 heteroatoms. The Balaban J connectivity index is 2.46. The molecule has 0 bridgehead atoms. The van der Waals surface area contributed by atoms with E-state index in [-0.39, 0.29) is 17.4 Å². The zero-order chi connectivity index (χ0) is 12.9. The SMILES string of the molecule is CC(C)CS(=O)(=O)CCNc1ccccc1Br. The molecule has 1 aromatic rings. The Kier molecular flexibility index (Phi) is 5.46. The van der Waals surface area contributed by atoms with Crippen molar-refractivity contribution in [2.75, 3.05) is 23.4 Å². The highest BCUT2D eigenvalue weighted by Gasteiger charge is 2.12. The van der Waals surface area contributed by atoms with Crippen LogP contribution in [-0.2, 0) is 9.84 Å². The largest absolute Gasteiger partial charge is 0.383 e. The van der Waals surface area contributed by atoms with Gasteiger partial charge in [-0.15, -0.1) is 0 Å². The van der Waals surface area contributed by atoms with E-state index < -0.39 is 9.84 Å². The Labute approximate surface area is 112 Å². The van der Waals surface area contributed by atoms with Gasteiger partial charge in [-0.1, -0.05) is 26.0 Å². The third-order valence-corrected chi connectivity index (χ3v) is 4.88. The summed E-state index contributed by atoms with van der Waals surface area (Å²) in [5.74, 6) is 0.611. The van der Waals surface area contributed by atoms with Crippen molar-refractivity contribution in [1.82, 2.24) is 0 Å². The molecule has 1 aromatic carbocycles. The average Bonchev–Trinajstić information content (AvgIpc) is 2.18. The molecule has 0 radical (unpaired) electrons. The summed E-state index contributed by atoms with van der Waals surface area (Å²) in [4.78, 5) is 0. The van der Waals surface area contributed by atoms with Crippen LogP contribution in [0.5, 0.6) is 0 Å². The van der Waals surface area contributed by atoms with Gasteiger partial charge < -0.3 is 5.32 Å². The molecule has 0 aliphatic rings. The van der Waals surface area contributed by atoms with Gasteiger partial charge in [0.2, 0.25) is 0 Å². The normalized spacial score (nSPS) is 11.8. The van der Waals surface area contributed by atoms with Gasteiger partial charge in [-0.2, -0.15) is 0 Å². The van der Waals surface area contributed by atoms with E-state index in [9.17, 15) is 8.42 Å². The summed E-state index contributed by atoms with van der Waals surface area (Å²) in [6.07, 6.45) is 0. The maximum atomic E-state index is 11.7. The van der Waals surface area contributed by atoms with Gasteiger partial charge in [-0.05, 0) is 34.0 Å². The molecule has 0 aromatic heterocycles. The minimum Gasteiger partial charge on any atom is -0.383 e. The van der Waals surface area contributed by atoms with Crippen LogP contribution in [0.15, 0.2) is 28.7 Å². The molecule has 0 saturated carbocycles. The lowest BCUT2D eigenvalue weighted by Gasteiger charge is -2.10. The number of para-hydroxylation sites is 1. The highest BCUT2D eigenvalue weighted by atomic mass is 79.9. The van der Waals surface area contributed by atoms with Gasteiger partial charge in [0, 0.05) is 16.7 Å². The predicted octanol–water partition coefficient (Wildman–Crippen LogP) is 2.93. The third kappa shape index (κ3) is 5.55. The van der Waals surface area contributed by atoms with Crippen LogP contribution in [0.4, 0.5) is 5.69 Å². The Morgan fingerprint density at radius 1 is 1.29 bits per heavy atom. The van der Waals surface area contributed by atoms with E-state index in [0.29, 0.717) is 6.54 Å². The van der Waals surface area contributed by atoms with Crippen molar-refractivity contribution in [3.8, 4) is 0 Å². The monoisotopic (exact) mass is 319 g/mol. The molecule has 0 spiro atoms. The van der Waals surface area contributed by atoms with Crippen LogP contribution >= 0.6 is 15.9 Å². The van der Waals surface area contributed by atoms with Crippen molar-refractivity contribution >= 4 is 31.5 Å². The predicted molar refractivity (Wildman–Crippen MR) is 76.1 cm³/mol. The van der Waals surface area contributed by atoms with Gasteiger partial charge in [0.25, 0.3) is 0 Å². The highest BCUT2D eigenvalue weighted by Crippen LogP contribution is 2.20. The van der Waals surface area contributed by atoms with Crippen molar-refractivity contribution in [2.45, 2.75) is 13.8 Å². The van der Waals surface area contributed by atoms with E-state index in [4.69, 9.17) is 0 Å². The molecule has 96 valence electrons. The quantitative estimate of drug-likeness (QED) is 0.876. The minimum atomic E-state index is -2.94. The zero-order valence-electron chi connectivity index (χ0n) is 10.1. The molecule has 0 heterocycles.